The van der Waals surface area contributed by atoms with Gasteiger partial charge in [0.15, 0.2) is 0 Å². The third-order valence-electron chi connectivity index (χ3n) is 8.13. The number of aryl methyl sites for hydroxylation is 6. The van der Waals surface area contributed by atoms with Gasteiger partial charge in [-0.3, -0.25) is 0 Å². The van der Waals surface area contributed by atoms with Crippen molar-refractivity contribution < 1.29 is 0 Å². The van der Waals surface area contributed by atoms with E-state index in [1.807, 2.05) is 11.3 Å². The normalized spacial score (nSPS) is 12.3. The van der Waals surface area contributed by atoms with Gasteiger partial charge in [0.25, 0.3) is 0 Å². The molecule has 2 aromatic carbocycles. The molecule has 0 saturated heterocycles. The summed E-state index contributed by atoms with van der Waals surface area (Å²) < 4.78 is 2.41. The van der Waals surface area contributed by atoms with Gasteiger partial charge in [-0.25, -0.2) is 9.97 Å². The van der Waals surface area contributed by atoms with Gasteiger partial charge in [0.05, 0.1) is 22.8 Å². The Bertz CT molecular complexity index is 1960. The topological polar surface area (TPSA) is 41.6 Å². The zero-order valence-corrected chi connectivity index (χ0v) is 25.7. The van der Waals surface area contributed by atoms with Crippen LogP contribution < -0.4 is 0 Å². The molecule has 3 nitrogen and oxygen atoms in total. The van der Waals surface area contributed by atoms with Crippen molar-refractivity contribution in [2.24, 2.45) is 0 Å². The standard InChI is InChI=1S/C38H33N3S/c1-21-15-23(3)35(24(4)16-21)37-31-11-9-29(40-31)19-27-7-8-28(39-27)20-30-10-12-32(41-30)38(34-14-13-33(37)42-34)36-25(5)17-22(2)18-26(36)6/h7-20,39H,1-6H3. The summed E-state index contributed by atoms with van der Waals surface area (Å²) in [5.74, 6) is 0. The van der Waals surface area contributed by atoms with Crippen molar-refractivity contribution in [3.63, 3.8) is 0 Å². The van der Waals surface area contributed by atoms with Gasteiger partial charge in [-0.05, 0) is 136 Å². The lowest BCUT2D eigenvalue weighted by Crippen LogP contribution is -1.93. The lowest BCUT2D eigenvalue weighted by molar-refractivity contribution is 1.29. The third kappa shape index (κ3) is 4.62. The molecule has 0 fully saturated rings. The minimum atomic E-state index is 0.939. The summed E-state index contributed by atoms with van der Waals surface area (Å²) in [5, 5.41) is 0. The predicted octanol–water partition coefficient (Wildman–Crippen LogP) is 10.6. The minimum Gasteiger partial charge on any atom is -0.355 e. The van der Waals surface area contributed by atoms with Crippen molar-refractivity contribution in [1.82, 2.24) is 15.0 Å². The Morgan fingerprint density at radius 2 is 0.881 bits per heavy atom. The molecule has 0 atom stereocenters. The first-order valence-corrected chi connectivity index (χ1v) is 15.2. The van der Waals surface area contributed by atoms with E-state index in [1.165, 1.54) is 65.0 Å². The van der Waals surface area contributed by atoms with E-state index in [0.717, 1.165) is 33.8 Å². The van der Waals surface area contributed by atoms with Crippen LogP contribution in [0, 0.1) is 41.5 Å². The summed E-state index contributed by atoms with van der Waals surface area (Å²) in [5.41, 5.74) is 18.4. The number of aromatic amines is 1. The van der Waals surface area contributed by atoms with Crippen LogP contribution in [0.25, 0.3) is 67.0 Å². The molecule has 0 amide bonds. The second-order valence-corrected chi connectivity index (χ2v) is 12.7. The van der Waals surface area contributed by atoms with Gasteiger partial charge in [0, 0.05) is 31.6 Å². The number of hydrogen-bond donors (Lipinski definition) is 1. The molecule has 4 heteroatoms. The Morgan fingerprint density at radius 3 is 1.29 bits per heavy atom. The van der Waals surface area contributed by atoms with E-state index < -0.39 is 0 Å². The van der Waals surface area contributed by atoms with Crippen molar-refractivity contribution in [3.05, 3.63) is 117 Å². The van der Waals surface area contributed by atoms with Crippen LogP contribution in [0.3, 0.4) is 0 Å². The largest absolute Gasteiger partial charge is 0.355 e. The Labute approximate surface area is 251 Å². The Morgan fingerprint density at radius 1 is 0.476 bits per heavy atom. The Kier molecular flexibility index (Phi) is 6.32. The zero-order chi connectivity index (χ0) is 29.1. The Hall–Kier alpha value is -4.54. The third-order valence-corrected chi connectivity index (χ3v) is 9.25. The fourth-order valence-electron chi connectivity index (χ4n) is 6.62. The number of H-pyrrole nitrogens is 1. The SMILES string of the molecule is Cc1cc(C)c(-c2c3nc(cc4ccc(cc5nc(c(-c6c(C)cc(C)cc6C)c6ccc2s6)C=C5)[nH]4)C=C3)c(C)c1. The van der Waals surface area contributed by atoms with Gasteiger partial charge >= 0.3 is 0 Å². The molecule has 2 aliphatic heterocycles. The second kappa shape index (κ2) is 10.1. The van der Waals surface area contributed by atoms with Gasteiger partial charge in [-0.1, -0.05) is 35.4 Å². The summed E-state index contributed by atoms with van der Waals surface area (Å²) in [4.78, 5) is 13.8. The Balaban J connectivity index is 1.68. The van der Waals surface area contributed by atoms with Gasteiger partial charge in [0.2, 0.25) is 0 Å². The number of nitrogens with zero attached hydrogens (tertiary/aromatic N) is 2. The van der Waals surface area contributed by atoms with Crippen LogP contribution in [-0.2, 0) is 0 Å². The highest BCUT2D eigenvalue weighted by Gasteiger charge is 2.19. The maximum Gasteiger partial charge on any atom is 0.0730 e. The van der Waals surface area contributed by atoms with E-state index in [-0.39, 0.29) is 0 Å². The molecule has 7 rings (SSSR count). The molecule has 0 spiro atoms. The summed E-state index contributed by atoms with van der Waals surface area (Å²) in [6, 6.07) is 22.1. The smallest absolute Gasteiger partial charge is 0.0730 e. The highest BCUT2D eigenvalue weighted by atomic mass is 32.1. The van der Waals surface area contributed by atoms with Gasteiger partial charge < -0.3 is 4.98 Å². The number of rotatable bonds is 2. The molecule has 0 aliphatic carbocycles. The molecule has 2 aliphatic rings. The lowest BCUT2D eigenvalue weighted by Gasteiger charge is -2.13. The van der Waals surface area contributed by atoms with Crippen molar-refractivity contribution in [1.29, 1.82) is 0 Å². The van der Waals surface area contributed by atoms with Crippen molar-refractivity contribution >= 4 is 56.1 Å². The maximum atomic E-state index is 5.16. The van der Waals surface area contributed by atoms with Crippen LogP contribution in [0.4, 0.5) is 0 Å². The highest BCUT2D eigenvalue weighted by molar-refractivity contribution is 7.24. The van der Waals surface area contributed by atoms with Crippen LogP contribution in [-0.4, -0.2) is 15.0 Å². The molecular formula is C38H33N3S. The number of aromatic nitrogens is 3. The van der Waals surface area contributed by atoms with Gasteiger partial charge in [0.1, 0.15) is 0 Å². The monoisotopic (exact) mass is 563 g/mol. The van der Waals surface area contributed by atoms with E-state index in [1.54, 1.807) is 0 Å². The van der Waals surface area contributed by atoms with Crippen molar-refractivity contribution in [2.45, 2.75) is 41.5 Å². The fourth-order valence-corrected chi connectivity index (χ4v) is 7.75. The molecule has 42 heavy (non-hydrogen) atoms. The first kappa shape index (κ1) is 26.4. The molecule has 0 radical (unpaired) electrons. The number of benzene rings is 2. The van der Waals surface area contributed by atoms with Crippen molar-refractivity contribution in [2.75, 3.05) is 0 Å². The lowest BCUT2D eigenvalue weighted by atomic mass is 9.93. The molecule has 5 heterocycles. The average Bonchev–Trinajstić information content (AvgIpc) is 3.72. The van der Waals surface area contributed by atoms with Crippen LogP contribution in [0.5, 0.6) is 0 Å². The number of thiophene rings is 1. The molecule has 8 bridgehead atoms. The number of fused-ring (bicyclic) bond motifs is 8. The van der Waals surface area contributed by atoms with Crippen molar-refractivity contribution in [3.8, 4) is 22.3 Å². The molecule has 3 aromatic heterocycles. The maximum absolute atomic E-state index is 5.16. The average molecular weight is 564 g/mol. The predicted molar refractivity (Wildman–Crippen MR) is 182 cm³/mol. The van der Waals surface area contributed by atoms with E-state index in [2.05, 4.69) is 131 Å². The van der Waals surface area contributed by atoms with Gasteiger partial charge in [-0.2, -0.15) is 0 Å². The van der Waals surface area contributed by atoms with Gasteiger partial charge in [-0.15, -0.1) is 11.3 Å². The van der Waals surface area contributed by atoms with E-state index >= 15 is 0 Å². The molecule has 206 valence electrons. The van der Waals surface area contributed by atoms with Crippen LogP contribution in [0.15, 0.2) is 60.7 Å². The molecular weight excluding hydrogens is 531 g/mol. The molecule has 0 unspecified atom stereocenters. The molecule has 0 saturated carbocycles. The summed E-state index contributed by atoms with van der Waals surface area (Å²) >= 11 is 1.83. The summed E-state index contributed by atoms with van der Waals surface area (Å²) in [6.45, 7) is 13.2. The first-order valence-electron chi connectivity index (χ1n) is 14.4. The number of hydrogen-bond acceptors (Lipinski definition) is 3. The summed E-state index contributed by atoms with van der Waals surface area (Å²) in [7, 11) is 0. The van der Waals surface area contributed by atoms with E-state index in [9.17, 15) is 0 Å². The van der Waals surface area contributed by atoms with Crippen LogP contribution in [0.2, 0.25) is 0 Å². The quantitative estimate of drug-likeness (QED) is 0.227. The molecule has 1 N–H and O–H groups in total. The number of nitrogens with one attached hydrogen (secondary N) is 1. The fraction of sp³-hybridized carbons (Fsp3) is 0.158. The summed E-state index contributed by atoms with van der Waals surface area (Å²) in [6.07, 6.45) is 8.56. The van der Waals surface area contributed by atoms with E-state index in [4.69, 9.17) is 9.97 Å². The minimum absolute atomic E-state index is 0.939. The zero-order valence-electron chi connectivity index (χ0n) is 24.9. The highest BCUT2D eigenvalue weighted by Crippen LogP contribution is 2.42. The van der Waals surface area contributed by atoms with E-state index in [0.29, 0.717) is 0 Å². The second-order valence-electron chi connectivity index (χ2n) is 11.6. The molecule has 5 aromatic rings. The first-order chi connectivity index (χ1) is 20.2. The van der Waals surface area contributed by atoms with Crippen LogP contribution in [0.1, 0.15) is 56.2 Å². The van der Waals surface area contributed by atoms with Crippen LogP contribution >= 0.6 is 11.3 Å².